The molecule has 4 aromatic rings. The van der Waals surface area contributed by atoms with Crippen LogP contribution in [-0.2, 0) is 19.2 Å². The van der Waals surface area contributed by atoms with Crippen LogP contribution in [-0.4, -0.2) is 9.97 Å². The Kier molecular flexibility index (Phi) is 5.32. The third-order valence-electron chi connectivity index (χ3n) is 4.62. The van der Waals surface area contributed by atoms with E-state index in [4.69, 9.17) is 4.74 Å². The van der Waals surface area contributed by atoms with E-state index in [9.17, 15) is 13.2 Å². The lowest BCUT2D eigenvalue weighted by atomic mass is 10.1. The first-order valence-electron chi connectivity index (χ1n) is 9.30. The summed E-state index contributed by atoms with van der Waals surface area (Å²) in [5, 5.41) is 1.79. The Bertz CT molecular complexity index is 1110. The Morgan fingerprint density at radius 2 is 1.86 bits per heavy atom. The summed E-state index contributed by atoms with van der Waals surface area (Å²) in [5.74, 6) is 0.768. The molecule has 0 spiro atoms. The number of hydrogen-bond acceptors (Lipinski definition) is 3. The van der Waals surface area contributed by atoms with E-state index < -0.39 is 11.7 Å². The number of rotatable bonds is 6. The standard InChI is InChI=1S/C22H19F3N2OS/c1-2-3-19-20(13-28-17-8-9-18-15(12-17)10-11-26-18)29-21(27-19)14-4-6-16(7-5-14)22(23,24)25/h4-12,26H,2-3,13H2,1H3. The molecule has 4 rings (SSSR count). The number of nitrogens with zero attached hydrogens (tertiary/aromatic N) is 1. The predicted octanol–water partition coefficient (Wildman–Crippen LogP) is 6.84. The fourth-order valence-corrected chi connectivity index (χ4v) is 4.15. The molecule has 7 heteroatoms. The van der Waals surface area contributed by atoms with Gasteiger partial charge < -0.3 is 9.72 Å². The predicted molar refractivity (Wildman–Crippen MR) is 109 cm³/mol. The average molecular weight is 416 g/mol. The van der Waals surface area contributed by atoms with Gasteiger partial charge in [0.05, 0.1) is 16.1 Å². The van der Waals surface area contributed by atoms with Crippen molar-refractivity contribution >= 4 is 22.2 Å². The van der Waals surface area contributed by atoms with Gasteiger partial charge in [-0.2, -0.15) is 13.2 Å². The van der Waals surface area contributed by atoms with Gasteiger partial charge in [0.2, 0.25) is 0 Å². The number of ether oxygens (including phenoxy) is 1. The van der Waals surface area contributed by atoms with Crippen molar-refractivity contribution < 1.29 is 17.9 Å². The average Bonchev–Trinajstić information content (AvgIpc) is 3.32. The van der Waals surface area contributed by atoms with Gasteiger partial charge in [-0.15, -0.1) is 11.3 Å². The van der Waals surface area contributed by atoms with E-state index in [0.29, 0.717) is 17.2 Å². The molecule has 2 heterocycles. The van der Waals surface area contributed by atoms with Gasteiger partial charge in [0.1, 0.15) is 17.4 Å². The second-order valence-corrected chi connectivity index (χ2v) is 7.81. The summed E-state index contributed by atoms with van der Waals surface area (Å²) in [6, 6.07) is 13.0. The molecular weight excluding hydrogens is 397 g/mol. The molecule has 0 aliphatic rings. The second kappa shape index (κ2) is 7.91. The molecule has 2 aromatic heterocycles. The number of aromatic amines is 1. The minimum absolute atomic E-state index is 0.379. The molecule has 29 heavy (non-hydrogen) atoms. The summed E-state index contributed by atoms with van der Waals surface area (Å²) in [5.41, 5.74) is 2.01. The van der Waals surface area contributed by atoms with E-state index in [-0.39, 0.29) is 0 Å². The summed E-state index contributed by atoms with van der Waals surface area (Å²) in [6.07, 6.45) is -0.729. The Morgan fingerprint density at radius 3 is 2.59 bits per heavy atom. The van der Waals surface area contributed by atoms with Crippen LogP contribution in [0.4, 0.5) is 13.2 Å². The van der Waals surface area contributed by atoms with Gasteiger partial charge in [0, 0.05) is 22.7 Å². The number of nitrogens with one attached hydrogen (secondary N) is 1. The van der Waals surface area contributed by atoms with Crippen molar-refractivity contribution in [2.24, 2.45) is 0 Å². The van der Waals surface area contributed by atoms with Gasteiger partial charge in [-0.3, -0.25) is 0 Å². The normalized spacial score (nSPS) is 11.9. The highest BCUT2D eigenvalue weighted by Crippen LogP contribution is 2.34. The van der Waals surface area contributed by atoms with Crippen LogP contribution < -0.4 is 4.74 Å². The quantitative estimate of drug-likeness (QED) is 0.374. The number of aromatic nitrogens is 2. The summed E-state index contributed by atoms with van der Waals surface area (Å²) in [6.45, 7) is 2.45. The molecule has 0 amide bonds. The number of benzene rings is 2. The molecule has 0 bridgehead atoms. The van der Waals surface area contributed by atoms with Crippen LogP contribution in [0.15, 0.2) is 54.7 Å². The molecule has 0 radical (unpaired) electrons. The maximum Gasteiger partial charge on any atom is 0.416 e. The topological polar surface area (TPSA) is 37.9 Å². The van der Waals surface area contributed by atoms with Gasteiger partial charge in [-0.25, -0.2) is 4.98 Å². The zero-order valence-electron chi connectivity index (χ0n) is 15.7. The molecule has 3 nitrogen and oxygen atoms in total. The van der Waals surface area contributed by atoms with Crippen LogP contribution in [0.2, 0.25) is 0 Å². The Labute approximate surface area is 170 Å². The maximum atomic E-state index is 12.8. The van der Waals surface area contributed by atoms with Crippen molar-refractivity contribution in [3.63, 3.8) is 0 Å². The lowest BCUT2D eigenvalue weighted by molar-refractivity contribution is -0.137. The van der Waals surface area contributed by atoms with Crippen LogP contribution >= 0.6 is 11.3 Å². The number of alkyl halides is 3. The van der Waals surface area contributed by atoms with Crippen LogP contribution in [0.3, 0.4) is 0 Å². The van der Waals surface area contributed by atoms with Gasteiger partial charge in [0.25, 0.3) is 0 Å². The summed E-state index contributed by atoms with van der Waals surface area (Å²) < 4.78 is 44.4. The molecule has 150 valence electrons. The highest BCUT2D eigenvalue weighted by Gasteiger charge is 2.30. The van der Waals surface area contributed by atoms with Crippen LogP contribution in [0.25, 0.3) is 21.5 Å². The monoisotopic (exact) mass is 416 g/mol. The van der Waals surface area contributed by atoms with E-state index in [1.807, 2.05) is 30.5 Å². The molecule has 2 aromatic carbocycles. The molecule has 0 fully saturated rings. The fourth-order valence-electron chi connectivity index (χ4n) is 3.12. The molecule has 0 saturated heterocycles. The van der Waals surface area contributed by atoms with Crippen molar-refractivity contribution in [1.82, 2.24) is 9.97 Å². The van der Waals surface area contributed by atoms with Gasteiger partial charge in [0.15, 0.2) is 0 Å². The molecular formula is C22H19F3N2OS. The first kappa shape index (κ1) is 19.5. The third kappa shape index (κ3) is 4.29. The van der Waals surface area contributed by atoms with Crippen molar-refractivity contribution in [3.8, 4) is 16.3 Å². The van der Waals surface area contributed by atoms with E-state index in [1.54, 1.807) is 0 Å². The Hall–Kier alpha value is -2.80. The van der Waals surface area contributed by atoms with E-state index >= 15 is 0 Å². The Balaban J connectivity index is 1.55. The van der Waals surface area contributed by atoms with Crippen LogP contribution in [0.5, 0.6) is 5.75 Å². The van der Waals surface area contributed by atoms with Crippen molar-refractivity contribution in [1.29, 1.82) is 0 Å². The highest BCUT2D eigenvalue weighted by molar-refractivity contribution is 7.15. The Morgan fingerprint density at radius 1 is 1.07 bits per heavy atom. The number of aryl methyl sites for hydroxylation is 1. The number of thiazole rings is 1. The highest BCUT2D eigenvalue weighted by atomic mass is 32.1. The third-order valence-corrected chi connectivity index (χ3v) is 5.74. The van der Waals surface area contributed by atoms with Crippen molar-refractivity contribution in [3.05, 3.63) is 70.9 Å². The minimum atomic E-state index is -4.34. The summed E-state index contributed by atoms with van der Waals surface area (Å²) >= 11 is 1.47. The molecule has 1 N–H and O–H groups in total. The molecule has 0 aliphatic heterocycles. The zero-order chi connectivity index (χ0) is 20.4. The summed E-state index contributed by atoms with van der Waals surface area (Å²) in [4.78, 5) is 8.81. The number of fused-ring (bicyclic) bond motifs is 1. The molecule has 0 aliphatic carbocycles. The van der Waals surface area contributed by atoms with Gasteiger partial charge >= 0.3 is 6.18 Å². The van der Waals surface area contributed by atoms with E-state index in [1.165, 1.54) is 23.5 Å². The maximum absolute atomic E-state index is 12.8. The number of halogens is 3. The first-order chi connectivity index (χ1) is 13.9. The van der Waals surface area contributed by atoms with Gasteiger partial charge in [-0.05, 0) is 42.8 Å². The molecule has 0 saturated carbocycles. The SMILES string of the molecule is CCCc1nc(-c2ccc(C(F)(F)F)cc2)sc1COc1ccc2[nH]ccc2c1. The van der Waals surface area contributed by atoms with E-state index in [2.05, 4.69) is 16.9 Å². The smallest absolute Gasteiger partial charge is 0.416 e. The first-order valence-corrected chi connectivity index (χ1v) is 10.1. The van der Waals surface area contributed by atoms with E-state index in [0.717, 1.165) is 52.2 Å². The fraction of sp³-hybridized carbons (Fsp3) is 0.227. The number of H-pyrrole nitrogens is 1. The zero-order valence-corrected chi connectivity index (χ0v) is 16.5. The lowest BCUT2D eigenvalue weighted by Gasteiger charge is -2.06. The molecule has 0 unspecified atom stereocenters. The number of hydrogen-bond donors (Lipinski definition) is 1. The van der Waals surface area contributed by atoms with Crippen molar-refractivity contribution in [2.75, 3.05) is 0 Å². The van der Waals surface area contributed by atoms with Crippen molar-refractivity contribution in [2.45, 2.75) is 32.5 Å². The lowest BCUT2D eigenvalue weighted by Crippen LogP contribution is -2.03. The minimum Gasteiger partial charge on any atom is -0.488 e. The summed E-state index contributed by atoms with van der Waals surface area (Å²) in [7, 11) is 0. The molecule has 0 atom stereocenters. The van der Waals surface area contributed by atoms with Crippen LogP contribution in [0, 0.1) is 0 Å². The van der Waals surface area contributed by atoms with Gasteiger partial charge in [-0.1, -0.05) is 25.5 Å². The second-order valence-electron chi connectivity index (χ2n) is 6.73. The van der Waals surface area contributed by atoms with Crippen LogP contribution in [0.1, 0.15) is 29.5 Å². The largest absolute Gasteiger partial charge is 0.488 e.